The van der Waals surface area contributed by atoms with Gasteiger partial charge in [-0.2, -0.15) is 0 Å². The van der Waals surface area contributed by atoms with Gasteiger partial charge in [0.25, 0.3) is 0 Å². The molecule has 0 radical (unpaired) electrons. The molecule has 2 aliphatic rings. The molecule has 0 amide bonds. The van der Waals surface area contributed by atoms with Gasteiger partial charge in [-0.1, -0.05) is 6.42 Å². The summed E-state index contributed by atoms with van der Waals surface area (Å²) in [5.41, 5.74) is 0. The lowest BCUT2D eigenvalue weighted by Crippen LogP contribution is -2.34. The molecule has 0 aromatic rings. The molecule has 2 saturated heterocycles. The maximum absolute atomic E-state index is 10.7. The minimum absolute atomic E-state index is 0. The van der Waals surface area contributed by atoms with Crippen LogP contribution in [-0.2, 0) is 4.79 Å². The first-order valence-corrected chi connectivity index (χ1v) is 4.74. The van der Waals surface area contributed by atoms with Crippen LogP contribution in [-0.4, -0.2) is 35.1 Å². The Morgan fingerprint density at radius 1 is 1.38 bits per heavy atom. The summed E-state index contributed by atoms with van der Waals surface area (Å²) in [6, 6.07) is 0.583. The molecule has 2 fully saturated rings. The average molecular weight is 206 g/mol. The summed E-state index contributed by atoms with van der Waals surface area (Å²) in [6.07, 6.45) is 4.63. The smallest absolute Gasteiger partial charge is 0.307 e. The maximum atomic E-state index is 10.7. The zero-order valence-corrected chi connectivity index (χ0v) is 8.42. The average Bonchev–Trinajstić information content (AvgIpc) is 2.46. The van der Waals surface area contributed by atoms with Crippen LogP contribution in [0, 0.1) is 5.92 Å². The SMILES string of the molecule is Cl.O=C(O)C1CC2CCCCN2C1. The van der Waals surface area contributed by atoms with Gasteiger partial charge in [0.1, 0.15) is 0 Å². The topological polar surface area (TPSA) is 40.5 Å². The van der Waals surface area contributed by atoms with Gasteiger partial charge < -0.3 is 5.11 Å². The van der Waals surface area contributed by atoms with Gasteiger partial charge in [0, 0.05) is 12.6 Å². The molecule has 0 spiro atoms. The summed E-state index contributed by atoms with van der Waals surface area (Å²) in [5, 5.41) is 8.83. The van der Waals surface area contributed by atoms with Crippen LogP contribution in [0.1, 0.15) is 25.7 Å². The molecule has 13 heavy (non-hydrogen) atoms. The van der Waals surface area contributed by atoms with E-state index in [4.69, 9.17) is 5.11 Å². The third kappa shape index (κ3) is 2.15. The number of rotatable bonds is 1. The Balaban J connectivity index is 0.000000845. The van der Waals surface area contributed by atoms with Crippen LogP contribution < -0.4 is 0 Å². The Kier molecular flexibility index (Phi) is 3.56. The minimum Gasteiger partial charge on any atom is -0.481 e. The largest absolute Gasteiger partial charge is 0.481 e. The van der Waals surface area contributed by atoms with Gasteiger partial charge in [-0.25, -0.2) is 0 Å². The Labute approximate surface area is 84.5 Å². The van der Waals surface area contributed by atoms with Gasteiger partial charge in [-0.15, -0.1) is 12.4 Å². The number of hydrogen-bond donors (Lipinski definition) is 1. The van der Waals surface area contributed by atoms with Crippen molar-refractivity contribution in [3.8, 4) is 0 Å². The van der Waals surface area contributed by atoms with Crippen LogP contribution in [0.2, 0.25) is 0 Å². The van der Waals surface area contributed by atoms with Gasteiger partial charge in [0.15, 0.2) is 0 Å². The van der Waals surface area contributed by atoms with Crippen LogP contribution in [0.5, 0.6) is 0 Å². The normalized spacial score (nSPS) is 33.5. The third-order valence-electron chi connectivity index (χ3n) is 3.11. The van der Waals surface area contributed by atoms with E-state index in [1.165, 1.54) is 19.3 Å². The molecule has 2 heterocycles. The van der Waals surface area contributed by atoms with Crippen molar-refractivity contribution in [1.29, 1.82) is 0 Å². The summed E-state index contributed by atoms with van der Waals surface area (Å²) in [6.45, 7) is 1.91. The Bertz CT molecular complexity index is 184. The van der Waals surface area contributed by atoms with Crippen molar-refractivity contribution in [2.45, 2.75) is 31.7 Å². The molecule has 0 aromatic carbocycles. The zero-order valence-electron chi connectivity index (χ0n) is 7.61. The molecule has 2 atom stereocenters. The monoisotopic (exact) mass is 205 g/mol. The lowest BCUT2D eigenvalue weighted by atomic mass is 10.00. The van der Waals surface area contributed by atoms with Crippen molar-refractivity contribution in [2.75, 3.05) is 13.1 Å². The standard InChI is InChI=1S/C9H15NO2.ClH/c11-9(12)7-5-8-3-1-2-4-10(8)6-7;/h7-8H,1-6H2,(H,11,12);1H. The zero-order chi connectivity index (χ0) is 8.55. The van der Waals surface area contributed by atoms with Crippen molar-refractivity contribution < 1.29 is 9.90 Å². The van der Waals surface area contributed by atoms with Crippen molar-refractivity contribution in [2.24, 2.45) is 5.92 Å². The van der Waals surface area contributed by atoms with Crippen LogP contribution in [0.3, 0.4) is 0 Å². The highest BCUT2D eigenvalue weighted by molar-refractivity contribution is 5.85. The van der Waals surface area contributed by atoms with E-state index in [1.54, 1.807) is 0 Å². The maximum Gasteiger partial charge on any atom is 0.307 e. The third-order valence-corrected chi connectivity index (χ3v) is 3.11. The number of fused-ring (bicyclic) bond motifs is 1. The molecule has 2 aliphatic heterocycles. The lowest BCUT2D eigenvalue weighted by molar-refractivity contribution is -0.141. The number of carboxylic acid groups (broad SMARTS) is 1. The highest BCUT2D eigenvalue weighted by Crippen LogP contribution is 2.30. The first-order chi connectivity index (χ1) is 5.77. The van der Waals surface area contributed by atoms with E-state index < -0.39 is 5.97 Å². The second-order valence-electron chi connectivity index (χ2n) is 3.92. The number of hydrogen-bond acceptors (Lipinski definition) is 2. The van der Waals surface area contributed by atoms with Crippen LogP contribution in [0.25, 0.3) is 0 Å². The quantitative estimate of drug-likeness (QED) is 0.703. The molecule has 2 rings (SSSR count). The minimum atomic E-state index is -0.607. The fourth-order valence-corrected chi connectivity index (χ4v) is 2.43. The first kappa shape index (κ1) is 10.8. The van der Waals surface area contributed by atoms with E-state index in [2.05, 4.69) is 4.90 Å². The Morgan fingerprint density at radius 3 is 2.77 bits per heavy atom. The molecule has 0 bridgehead atoms. The molecule has 3 nitrogen and oxygen atoms in total. The summed E-state index contributed by atoms with van der Waals surface area (Å²) < 4.78 is 0. The first-order valence-electron chi connectivity index (χ1n) is 4.74. The van der Waals surface area contributed by atoms with E-state index in [-0.39, 0.29) is 18.3 Å². The molecule has 0 saturated carbocycles. The number of carboxylic acids is 1. The molecular weight excluding hydrogens is 190 g/mol. The number of carbonyl (C=O) groups is 1. The van der Waals surface area contributed by atoms with E-state index in [0.29, 0.717) is 6.04 Å². The van der Waals surface area contributed by atoms with Crippen LogP contribution in [0.15, 0.2) is 0 Å². The highest BCUT2D eigenvalue weighted by atomic mass is 35.5. The molecule has 4 heteroatoms. The van der Waals surface area contributed by atoms with E-state index in [9.17, 15) is 4.79 Å². The van der Waals surface area contributed by atoms with Crippen molar-refractivity contribution >= 4 is 18.4 Å². The lowest BCUT2D eigenvalue weighted by Gasteiger charge is -2.28. The second-order valence-corrected chi connectivity index (χ2v) is 3.92. The van der Waals surface area contributed by atoms with Crippen LogP contribution >= 0.6 is 12.4 Å². The predicted molar refractivity (Wildman–Crippen MR) is 52.2 cm³/mol. The summed E-state index contributed by atoms with van der Waals surface area (Å²) in [5.74, 6) is -0.697. The van der Waals surface area contributed by atoms with Gasteiger partial charge in [0.05, 0.1) is 5.92 Å². The highest BCUT2D eigenvalue weighted by Gasteiger charge is 2.36. The Hall–Kier alpha value is -0.280. The second kappa shape index (κ2) is 4.29. The van der Waals surface area contributed by atoms with E-state index >= 15 is 0 Å². The predicted octanol–water partition coefficient (Wildman–Crippen LogP) is 1.37. The molecule has 76 valence electrons. The number of nitrogens with zero attached hydrogens (tertiary/aromatic N) is 1. The fraction of sp³-hybridized carbons (Fsp3) is 0.889. The van der Waals surface area contributed by atoms with Gasteiger partial charge >= 0.3 is 5.97 Å². The van der Waals surface area contributed by atoms with Crippen molar-refractivity contribution in [3.05, 3.63) is 0 Å². The number of aliphatic carboxylic acids is 1. The molecule has 0 aliphatic carbocycles. The molecule has 2 unspecified atom stereocenters. The van der Waals surface area contributed by atoms with E-state index in [0.717, 1.165) is 19.5 Å². The van der Waals surface area contributed by atoms with Crippen LogP contribution in [0.4, 0.5) is 0 Å². The number of halogens is 1. The summed E-state index contributed by atoms with van der Waals surface area (Å²) in [4.78, 5) is 13.1. The van der Waals surface area contributed by atoms with Gasteiger partial charge in [0.2, 0.25) is 0 Å². The van der Waals surface area contributed by atoms with Gasteiger partial charge in [-0.05, 0) is 25.8 Å². The molecule has 0 aromatic heterocycles. The van der Waals surface area contributed by atoms with E-state index in [1.807, 2.05) is 0 Å². The summed E-state index contributed by atoms with van der Waals surface area (Å²) >= 11 is 0. The molecular formula is C9H16ClNO2. The summed E-state index contributed by atoms with van der Waals surface area (Å²) in [7, 11) is 0. The number of piperidine rings is 1. The van der Waals surface area contributed by atoms with Crippen molar-refractivity contribution in [1.82, 2.24) is 4.90 Å². The van der Waals surface area contributed by atoms with Crippen molar-refractivity contribution in [3.63, 3.8) is 0 Å². The Morgan fingerprint density at radius 2 is 2.15 bits per heavy atom. The molecule has 1 N–H and O–H groups in total. The van der Waals surface area contributed by atoms with Gasteiger partial charge in [-0.3, -0.25) is 9.69 Å². The fourth-order valence-electron chi connectivity index (χ4n) is 2.43.